The highest BCUT2D eigenvalue weighted by Gasteiger charge is 2.46. The lowest BCUT2D eigenvalue weighted by molar-refractivity contribution is -0.259. The minimum atomic E-state index is -0.599. The Hall–Kier alpha value is -0.670. The van der Waals surface area contributed by atoms with E-state index in [1.165, 1.54) is 5.06 Å². The van der Waals surface area contributed by atoms with Crippen molar-refractivity contribution >= 4 is 34.5 Å². The Balaban J connectivity index is 2.51. The van der Waals surface area contributed by atoms with Crippen molar-refractivity contribution in [3.8, 4) is 0 Å². The van der Waals surface area contributed by atoms with Crippen LogP contribution in [0.5, 0.6) is 0 Å². The first-order valence-corrected chi connectivity index (χ1v) is 11.4. The summed E-state index contributed by atoms with van der Waals surface area (Å²) in [5.41, 5.74) is -0.903. The molecule has 0 radical (unpaired) electrons. The largest absolute Gasteiger partial charge is 0.462 e. The van der Waals surface area contributed by atoms with Gasteiger partial charge < -0.3 is 14.7 Å². The zero-order valence-electron chi connectivity index (χ0n) is 19.0. The molecule has 6 nitrogen and oxygen atoms in total. The van der Waals surface area contributed by atoms with Gasteiger partial charge in [-0.25, -0.2) is 0 Å². The fourth-order valence-corrected chi connectivity index (χ4v) is 4.01. The van der Waals surface area contributed by atoms with Crippen LogP contribution in [0.2, 0.25) is 0 Å². The summed E-state index contributed by atoms with van der Waals surface area (Å²) in [5, 5.41) is 11.7. The molecule has 0 saturated carbocycles. The molecule has 1 saturated heterocycles. The lowest BCUT2D eigenvalue weighted by atomic mass is 9.80. The summed E-state index contributed by atoms with van der Waals surface area (Å²) in [5.74, 6) is 0.117. The fourth-order valence-electron chi connectivity index (χ4n) is 3.90. The number of alkyl halides is 1. The van der Waals surface area contributed by atoms with E-state index < -0.39 is 14.5 Å². The maximum atomic E-state index is 12.4. The first-order chi connectivity index (χ1) is 13.1. The lowest BCUT2D eigenvalue weighted by Gasteiger charge is -2.50. The van der Waals surface area contributed by atoms with Crippen molar-refractivity contribution in [3.63, 3.8) is 0 Å². The Morgan fingerprint density at radius 3 is 2.21 bits per heavy atom. The highest BCUT2D eigenvalue weighted by Crippen LogP contribution is 2.38. The molecule has 1 unspecified atom stereocenters. The summed E-state index contributed by atoms with van der Waals surface area (Å²) in [6, 6.07) is 0. The van der Waals surface area contributed by atoms with Crippen LogP contribution >= 0.6 is 22.6 Å². The first-order valence-electron chi connectivity index (χ1n) is 10.4. The summed E-state index contributed by atoms with van der Waals surface area (Å²) in [7, 11) is 0. The molecule has 1 aliphatic heterocycles. The summed E-state index contributed by atoms with van der Waals surface area (Å²) < 4.78 is 10.5. The van der Waals surface area contributed by atoms with Gasteiger partial charge in [0.25, 0.3) is 0 Å². The average Bonchev–Trinajstić information content (AvgIpc) is 2.54. The summed E-state index contributed by atoms with van der Waals surface area (Å²) in [6.45, 7) is 17.3. The maximum absolute atomic E-state index is 12.4. The molecule has 0 spiro atoms. The molecular formula is C22H38INO5. The summed E-state index contributed by atoms with van der Waals surface area (Å²) in [6.07, 6.45) is 3.36. The molecule has 0 aromatic carbocycles. The van der Waals surface area contributed by atoms with Gasteiger partial charge in [0, 0.05) is 36.8 Å². The van der Waals surface area contributed by atoms with Gasteiger partial charge in [-0.2, -0.15) is 5.06 Å². The standard InChI is InChI=1S/C22H38INO5/c1-9-16(12-15(2)28-19(26)22(7,8)23)10-11-18(25)29-17-13-20(3,4)24(27)21(5,6)14-17/h16-17,27H,2,9-14H2,1,3-8H3. The molecule has 1 fully saturated rings. The van der Waals surface area contributed by atoms with Crippen LogP contribution in [0.3, 0.4) is 0 Å². The molecule has 7 heteroatoms. The normalized spacial score (nSPS) is 20.7. The van der Waals surface area contributed by atoms with Crippen molar-refractivity contribution in [1.29, 1.82) is 0 Å². The van der Waals surface area contributed by atoms with E-state index in [0.717, 1.165) is 6.42 Å². The van der Waals surface area contributed by atoms with Crippen molar-refractivity contribution in [2.75, 3.05) is 0 Å². The number of carbonyl (C=O) groups excluding carboxylic acids is 2. The van der Waals surface area contributed by atoms with E-state index in [2.05, 4.69) is 13.5 Å². The highest BCUT2D eigenvalue weighted by molar-refractivity contribution is 14.1. The van der Waals surface area contributed by atoms with Crippen LogP contribution in [-0.2, 0) is 19.1 Å². The van der Waals surface area contributed by atoms with Crippen LogP contribution in [0.1, 0.15) is 87.0 Å². The van der Waals surface area contributed by atoms with Gasteiger partial charge >= 0.3 is 11.9 Å². The molecule has 168 valence electrons. The number of piperidine rings is 1. The van der Waals surface area contributed by atoms with E-state index in [9.17, 15) is 14.8 Å². The monoisotopic (exact) mass is 523 g/mol. The fraction of sp³-hybridized carbons (Fsp3) is 0.818. The summed E-state index contributed by atoms with van der Waals surface area (Å²) in [4.78, 5) is 24.4. The molecular weight excluding hydrogens is 485 g/mol. The lowest BCUT2D eigenvalue weighted by Crippen LogP contribution is -2.60. The number of nitrogens with zero attached hydrogens (tertiary/aromatic N) is 1. The van der Waals surface area contributed by atoms with Gasteiger partial charge in [-0.05, 0) is 53.9 Å². The predicted molar refractivity (Wildman–Crippen MR) is 122 cm³/mol. The molecule has 1 atom stereocenters. The molecule has 0 bridgehead atoms. The van der Waals surface area contributed by atoms with Gasteiger partial charge in [0.1, 0.15) is 15.3 Å². The van der Waals surface area contributed by atoms with E-state index in [0.29, 0.717) is 37.9 Å². The minimum absolute atomic E-state index is 0.201. The van der Waals surface area contributed by atoms with Crippen LogP contribution < -0.4 is 0 Å². The molecule has 1 aliphatic rings. The van der Waals surface area contributed by atoms with Crippen LogP contribution in [0.25, 0.3) is 0 Å². The predicted octanol–water partition coefficient (Wildman–Crippen LogP) is 5.41. The van der Waals surface area contributed by atoms with Gasteiger partial charge in [-0.15, -0.1) is 0 Å². The number of carbonyl (C=O) groups is 2. The molecule has 0 aromatic rings. The van der Waals surface area contributed by atoms with Gasteiger partial charge in [0.05, 0.1) is 0 Å². The number of halogens is 1. The van der Waals surface area contributed by atoms with E-state index in [1.54, 1.807) is 13.8 Å². The Bertz CT molecular complexity index is 591. The van der Waals surface area contributed by atoms with Crippen LogP contribution in [0.15, 0.2) is 12.3 Å². The first kappa shape index (κ1) is 26.4. The SMILES string of the molecule is C=C(CC(CC)CCC(=O)OC1CC(C)(C)N(O)C(C)(C)C1)OC(=O)C(C)(C)I. The zero-order valence-corrected chi connectivity index (χ0v) is 21.2. The third-order valence-corrected chi connectivity index (χ3v) is 5.91. The number of ether oxygens (including phenoxy) is 2. The second kappa shape index (κ2) is 10.1. The Morgan fingerprint density at radius 1 is 1.24 bits per heavy atom. The number of hydrogen-bond acceptors (Lipinski definition) is 6. The number of hydroxylamine groups is 2. The molecule has 0 amide bonds. The number of hydrogen-bond donors (Lipinski definition) is 1. The highest BCUT2D eigenvalue weighted by atomic mass is 127. The van der Waals surface area contributed by atoms with Crippen molar-refractivity contribution in [1.82, 2.24) is 5.06 Å². The van der Waals surface area contributed by atoms with Gasteiger partial charge in [-0.3, -0.25) is 9.59 Å². The second-order valence-corrected chi connectivity index (χ2v) is 12.6. The second-order valence-electron chi connectivity index (χ2n) is 9.87. The third kappa shape index (κ3) is 8.17. The van der Waals surface area contributed by atoms with Gasteiger partial charge in [0.15, 0.2) is 0 Å². The average molecular weight is 523 g/mol. The molecule has 1 heterocycles. The molecule has 1 rings (SSSR count). The number of esters is 2. The third-order valence-electron chi connectivity index (χ3n) is 5.47. The molecule has 0 aliphatic carbocycles. The van der Waals surface area contributed by atoms with Gasteiger partial charge in [0.2, 0.25) is 0 Å². The Labute approximate surface area is 189 Å². The number of rotatable bonds is 9. The van der Waals surface area contributed by atoms with Crippen molar-refractivity contribution in [2.45, 2.75) is 108 Å². The number of allylic oxidation sites excluding steroid dienone is 1. The Kier molecular flexibility index (Phi) is 9.17. The van der Waals surface area contributed by atoms with Crippen LogP contribution in [-0.4, -0.2) is 42.8 Å². The van der Waals surface area contributed by atoms with Crippen LogP contribution in [0.4, 0.5) is 0 Å². The molecule has 29 heavy (non-hydrogen) atoms. The maximum Gasteiger partial charge on any atom is 0.326 e. The summed E-state index contributed by atoms with van der Waals surface area (Å²) >= 11 is 2.04. The zero-order chi connectivity index (χ0) is 22.6. The quantitative estimate of drug-likeness (QED) is 0.189. The topological polar surface area (TPSA) is 76.1 Å². The van der Waals surface area contributed by atoms with E-state index >= 15 is 0 Å². The van der Waals surface area contributed by atoms with Gasteiger partial charge in [-0.1, -0.05) is 42.5 Å². The van der Waals surface area contributed by atoms with Crippen molar-refractivity contribution < 1.29 is 24.3 Å². The van der Waals surface area contributed by atoms with Crippen LogP contribution in [0, 0.1) is 5.92 Å². The van der Waals surface area contributed by atoms with Crippen molar-refractivity contribution in [3.05, 3.63) is 12.3 Å². The van der Waals surface area contributed by atoms with Crippen molar-refractivity contribution in [2.24, 2.45) is 5.92 Å². The van der Waals surface area contributed by atoms with E-state index in [4.69, 9.17) is 9.47 Å². The smallest absolute Gasteiger partial charge is 0.326 e. The minimum Gasteiger partial charge on any atom is -0.462 e. The van der Waals surface area contributed by atoms with E-state index in [1.807, 2.05) is 50.3 Å². The molecule has 1 N–H and O–H groups in total. The van der Waals surface area contributed by atoms with E-state index in [-0.39, 0.29) is 24.0 Å². The Morgan fingerprint density at radius 2 is 1.76 bits per heavy atom. The molecule has 0 aromatic heterocycles.